The van der Waals surface area contributed by atoms with Gasteiger partial charge < -0.3 is 10.6 Å². The lowest BCUT2D eigenvalue weighted by Gasteiger charge is -2.04. The lowest BCUT2D eigenvalue weighted by atomic mass is 10.1. The number of anilines is 2. The fourth-order valence-corrected chi connectivity index (χ4v) is 4.03. The number of carbonyl (C=O) groups is 2. The minimum Gasteiger partial charge on any atom is -0.326 e. The molecule has 148 valence electrons. The van der Waals surface area contributed by atoms with Crippen LogP contribution in [0.4, 0.5) is 11.5 Å². The molecule has 0 fully saturated rings. The van der Waals surface area contributed by atoms with E-state index in [9.17, 15) is 9.59 Å². The van der Waals surface area contributed by atoms with Gasteiger partial charge in [0.25, 0.3) is 0 Å². The molecule has 2 amide bonds. The number of hydrogen-bond acceptors (Lipinski definition) is 5. The SMILES string of the molecule is N#Cc1cccc(NC(=O)Cc2cc3c(NC(=O)Cc4ccccc4)[nH]nc3s2)c1. The maximum atomic E-state index is 12.4. The summed E-state index contributed by atoms with van der Waals surface area (Å²) >= 11 is 1.39. The van der Waals surface area contributed by atoms with E-state index in [-0.39, 0.29) is 24.7 Å². The Hall–Kier alpha value is -3.96. The average molecular weight is 415 g/mol. The number of aromatic amines is 1. The number of amides is 2. The minimum absolute atomic E-state index is 0.144. The average Bonchev–Trinajstić information content (AvgIpc) is 3.30. The van der Waals surface area contributed by atoms with Gasteiger partial charge in [-0.25, -0.2) is 0 Å². The third-order valence-corrected chi connectivity index (χ3v) is 5.41. The van der Waals surface area contributed by atoms with Crippen molar-refractivity contribution in [2.75, 3.05) is 10.6 Å². The predicted octanol–water partition coefficient (Wildman–Crippen LogP) is 3.86. The Labute approximate surface area is 176 Å². The quantitative estimate of drug-likeness (QED) is 0.444. The lowest BCUT2D eigenvalue weighted by Crippen LogP contribution is -2.15. The van der Waals surface area contributed by atoms with E-state index in [0.717, 1.165) is 20.7 Å². The van der Waals surface area contributed by atoms with Gasteiger partial charge in [0.15, 0.2) is 0 Å². The van der Waals surface area contributed by atoms with Crippen LogP contribution in [0.5, 0.6) is 0 Å². The molecule has 0 spiro atoms. The molecular weight excluding hydrogens is 398 g/mol. The van der Waals surface area contributed by atoms with Crippen LogP contribution >= 0.6 is 11.3 Å². The first kappa shape index (κ1) is 19.4. The Bertz CT molecular complexity index is 1250. The number of H-pyrrole nitrogens is 1. The maximum Gasteiger partial charge on any atom is 0.229 e. The summed E-state index contributed by atoms with van der Waals surface area (Å²) in [4.78, 5) is 26.2. The van der Waals surface area contributed by atoms with Crippen molar-refractivity contribution in [3.63, 3.8) is 0 Å². The molecule has 0 atom stereocenters. The van der Waals surface area contributed by atoms with E-state index < -0.39 is 0 Å². The first-order chi connectivity index (χ1) is 14.6. The molecule has 2 aromatic heterocycles. The molecule has 0 radical (unpaired) electrons. The molecule has 2 heterocycles. The molecule has 2 aromatic carbocycles. The first-order valence-corrected chi connectivity index (χ1v) is 10.0. The molecule has 4 aromatic rings. The smallest absolute Gasteiger partial charge is 0.229 e. The number of hydrogen-bond donors (Lipinski definition) is 3. The molecule has 0 bridgehead atoms. The van der Waals surface area contributed by atoms with Crippen LogP contribution in [0.2, 0.25) is 0 Å². The van der Waals surface area contributed by atoms with Gasteiger partial charge >= 0.3 is 0 Å². The maximum absolute atomic E-state index is 12.4. The van der Waals surface area contributed by atoms with Gasteiger partial charge in [-0.2, -0.15) is 10.4 Å². The van der Waals surface area contributed by atoms with Gasteiger partial charge in [-0.1, -0.05) is 36.4 Å². The van der Waals surface area contributed by atoms with E-state index in [1.54, 1.807) is 24.3 Å². The van der Waals surface area contributed by atoms with Gasteiger partial charge in [-0.3, -0.25) is 14.7 Å². The van der Waals surface area contributed by atoms with Crippen molar-refractivity contribution >= 4 is 44.9 Å². The van der Waals surface area contributed by atoms with Crippen LogP contribution in [0.25, 0.3) is 10.2 Å². The summed E-state index contributed by atoms with van der Waals surface area (Å²) in [5.41, 5.74) is 1.99. The summed E-state index contributed by atoms with van der Waals surface area (Å²) < 4.78 is 0. The van der Waals surface area contributed by atoms with Crippen LogP contribution in [0.3, 0.4) is 0 Å². The highest BCUT2D eigenvalue weighted by molar-refractivity contribution is 7.18. The monoisotopic (exact) mass is 415 g/mol. The van der Waals surface area contributed by atoms with E-state index in [0.29, 0.717) is 17.1 Å². The van der Waals surface area contributed by atoms with Crippen LogP contribution in [-0.4, -0.2) is 22.0 Å². The zero-order chi connectivity index (χ0) is 20.9. The topological polar surface area (TPSA) is 111 Å². The molecule has 0 aliphatic rings. The van der Waals surface area contributed by atoms with Crippen LogP contribution in [-0.2, 0) is 22.4 Å². The molecule has 3 N–H and O–H groups in total. The van der Waals surface area contributed by atoms with Crippen molar-refractivity contribution in [1.29, 1.82) is 5.26 Å². The van der Waals surface area contributed by atoms with Crippen molar-refractivity contribution in [3.8, 4) is 6.07 Å². The number of nitrogens with zero attached hydrogens (tertiary/aromatic N) is 2. The van der Waals surface area contributed by atoms with Crippen molar-refractivity contribution in [1.82, 2.24) is 10.2 Å². The molecule has 7 nitrogen and oxygen atoms in total. The zero-order valence-electron chi connectivity index (χ0n) is 15.8. The predicted molar refractivity (Wildman–Crippen MR) is 116 cm³/mol. The normalized spacial score (nSPS) is 10.5. The molecule has 0 aliphatic carbocycles. The third kappa shape index (κ3) is 4.54. The highest BCUT2D eigenvalue weighted by Crippen LogP contribution is 2.29. The number of nitrogens with one attached hydrogen (secondary N) is 3. The number of thiophene rings is 1. The molecular formula is C22H17N5O2S. The second-order valence-corrected chi connectivity index (χ2v) is 7.77. The second kappa shape index (κ2) is 8.59. The Balaban J connectivity index is 1.41. The number of carbonyl (C=O) groups excluding carboxylic acids is 2. The summed E-state index contributed by atoms with van der Waals surface area (Å²) in [6.45, 7) is 0. The Morgan fingerprint density at radius 1 is 1.00 bits per heavy atom. The Morgan fingerprint density at radius 3 is 2.60 bits per heavy atom. The van der Waals surface area contributed by atoms with Crippen LogP contribution in [0.1, 0.15) is 16.0 Å². The summed E-state index contributed by atoms with van der Waals surface area (Å²) in [5.74, 6) is 0.192. The molecule has 0 saturated heterocycles. The lowest BCUT2D eigenvalue weighted by molar-refractivity contribution is -0.116. The molecule has 0 unspecified atom stereocenters. The number of rotatable bonds is 6. The van der Waals surface area contributed by atoms with Crippen LogP contribution in [0, 0.1) is 11.3 Å². The Morgan fingerprint density at radius 2 is 1.80 bits per heavy atom. The van der Waals surface area contributed by atoms with Crippen molar-refractivity contribution in [3.05, 3.63) is 76.7 Å². The summed E-state index contributed by atoms with van der Waals surface area (Å²) in [7, 11) is 0. The standard InChI is InChI=1S/C22H17N5O2S/c23-13-15-7-4-8-16(9-15)24-20(29)12-17-11-18-21(26-27-22(18)30-17)25-19(28)10-14-5-2-1-3-6-14/h1-9,11H,10,12H2,(H,24,29)(H2,25,26,27,28). The van der Waals surface area contributed by atoms with Crippen molar-refractivity contribution in [2.24, 2.45) is 0 Å². The molecule has 0 saturated carbocycles. The first-order valence-electron chi connectivity index (χ1n) is 9.21. The molecule has 8 heteroatoms. The fourth-order valence-electron chi connectivity index (χ4n) is 3.04. The van der Waals surface area contributed by atoms with Crippen LogP contribution < -0.4 is 10.6 Å². The van der Waals surface area contributed by atoms with E-state index in [1.165, 1.54) is 11.3 Å². The van der Waals surface area contributed by atoms with Gasteiger partial charge in [-0.05, 0) is 29.8 Å². The van der Waals surface area contributed by atoms with E-state index in [2.05, 4.69) is 20.8 Å². The third-order valence-electron chi connectivity index (χ3n) is 4.38. The Kier molecular flexibility index (Phi) is 5.54. The van der Waals surface area contributed by atoms with Gasteiger partial charge in [0.05, 0.1) is 29.9 Å². The summed E-state index contributed by atoms with van der Waals surface area (Å²) in [6, 6.07) is 20.1. The summed E-state index contributed by atoms with van der Waals surface area (Å²) in [5, 5.41) is 22.4. The minimum atomic E-state index is -0.187. The van der Waals surface area contributed by atoms with Crippen LogP contribution in [0.15, 0.2) is 60.7 Å². The van der Waals surface area contributed by atoms with E-state index in [1.807, 2.05) is 42.5 Å². The largest absolute Gasteiger partial charge is 0.326 e. The highest BCUT2D eigenvalue weighted by Gasteiger charge is 2.15. The highest BCUT2D eigenvalue weighted by atomic mass is 32.1. The number of fused-ring (bicyclic) bond motifs is 1. The molecule has 4 rings (SSSR count). The van der Waals surface area contributed by atoms with Gasteiger partial charge in [0.1, 0.15) is 10.6 Å². The van der Waals surface area contributed by atoms with Gasteiger partial charge in [-0.15, -0.1) is 11.3 Å². The van der Waals surface area contributed by atoms with E-state index >= 15 is 0 Å². The van der Waals surface area contributed by atoms with Gasteiger partial charge in [0, 0.05) is 10.6 Å². The van der Waals surface area contributed by atoms with E-state index in [4.69, 9.17) is 5.26 Å². The summed E-state index contributed by atoms with van der Waals surface area (Å²) in [6.07, 6.45) is 0.442. The second-order valence-electron chi connectivity index (χ2n) is 6.66. The number of aromatic nitrogens is 2. The van der Waals surface area contributed by atoms with Crippen molar-refractivity contribution in [2.45, 2.75) is 12.8 Å². The zero-order valence-corrected chi connectivity index (χ0v) is 16.6. The fraction of sp³-hybridized carbons (Fsp3) is 0.0909. The van der Waals surface area contributed by atoms with Gasteiger partial charge in [0.2, 0.25) is 11.8 Å². The molecule has 30 heavy (non-hydrogen) atoms. The number of nitriles is 1. The van der Waals surface area contributed by atoms with Crippen molar-refractivity contribution < 1.29 is 9.59 Å². The molecule has 0 aliphatic heterocycles. The number of benzene rings is 2.